The summed E-state index contributed by atoms with van der Waals surface area (Å²) >= 11 is 0. The minimum atomic E-state index is -0.285. The number of rotatable bonds is 4. The van der Waals surface area contributed by atoms with Gasteiger partial charge in [0.2, 0.25) is 5.91 Å². The molecule has 104 valence electrons. The molecule has 2 atom stereocenters. The van der Waals surface area contributed by atoms with Crippen molar-refractivity contribution in [2.24, 2.45) is 17.1 Å². The van der Waals surface area contributed by atoms with E-state index in [0.29, 0.717) is 23.8 Å². The topological polar surface area (TPSA) is 55.1 Å². The molecule has 0 heterocycles. The van der Waals surface area contributed by atoms with Crippen LogP contribution in [-0.2, 0) is 11.2 Å². The lowest BCUT2D eigenvalue weighted by Gasteiger charge is -2.20. The van der Waals surface area contributed by atoms with Gasteiger partial charge in [-0.3, -0.25) is 4.79 Å². The quantitative estimate of drug-likeness (QED) is 0.874. The van der Waals surface area contributed by atoms with Gasteiger partial charge in [0.1, 0.15) is 0 Å². The van der Waals surface area contributed by atoms with Gasteiger partial charge in [-0.2, -0.15) is 0 Å². The first kappa shape index (κ1) is 13.9. The van der Waals surface area contributed by atoms with Crippen molar-refractivity contribution in [2.45, 2.75) is 46.1 Å². The van der Waals surface area contributed by atoms with Gasteiger partial charge in [-0.25, -0.2) is 0 Å². The van der Waals surface area contributed by atoms with E-state index < -0.39 is 0 Å². The molecule has 3 N–H and O–H groups in total. The lowest BCUT2D eigenvalue weighted by Crippen LogP contribution is -2.22. The zero-order chi connectivity index (χ0) is 14.0. The summed E-state index contributed by atoms with van der Waals surface area (Å²) in [6.45, 7) is 6.98. The fourth-order valence-electron chi connectivity index (χ4n) is 3.22. The summed E-state index contributed by atoms with van der Waals surface area (Å²) in [6.07, 6.45) is 2.79. The molecule has 1 aromatic rings. The van der Waals surface area contributed by atoms with Crippen LogP contribution in [0.5, 0.6) is 0 Å². The first-order chi connectivity index (χ1) is 8.85. The zero-order valence-corrected chi connectivity index (χ0v) is 12.1. The van der Waals surface area contributed by atoms with E-state index in [1.54, 1.807) is 0 Å². The average Bonchev–Trinajstić information content (AvgIpc) is 2.54. The zero-order valence-electron chi connectivity index (χ0n) is 12.1. The fourth-order valence-corrected chi connectivity index (χ4v) is 3.22. The van der Waals surface area contributed by atoms with Crippen LogP contribution in [0.3, 0.4) is 0 Å². The summed E-state index contributed by atoms with van der Waals surface area (Å²) in [6, 6.07) is 8.56. The Labute approximate surface area is 115 Å². The molecule has 1 aromatic carbocycles. The number of benzene rings is 1. The van der Waals surface area contributed by atoms with Gasteiger partial charge in [0.25, 0.3) is 0 Å². The number of carbonyl (C=O) groups is 1. The Balaban J connectivity index is 1.98. The van der Waals surface area contributed by atoms with E-state index in [0.717, 1.165) is 11.3 Å². The van der Waals surface area contributed by atoms with E-state index in [1.165, 1.54) is 12.8 Å². The average molecular weight is 260 g/mol. The Bertz CT molecular complexity index is 450. The highest BCUT2D eigenvalue weighted by Gasteiger charge is 2.36. The Morgan fingerprint density at radius 2 is 1.95 bits per heavy atom. The Hall–Kier alpha value is -1.51. The first-order valence-electron chi connectivity index (χ1n) is 6.99. The van der Waals surface area contributed by atoms with Gasteiger partial charge < -0.3 is 11.1 Å². The molecule has 2 rings (SSSR count). The minimum absolute atomic E-state index is 0.285. The summed E-state index contributed by atoms with van der Waals surface area (Å²) < 4.78 is 0. The number of primary amides is 1. The number of hydrogen-bond acceptors (Lipinski definition) is 2. The molecule has 1 aliphatic rings. The van der Waals surface area contributed by atoms with Crippen LogP contribution in [0.2, 0.25) is 0 Å². The number of amides is 1. The molecule has 0 saturated heterocycles. The second-order valence-electron chi connectivity index (χ2n) is 6.64. The maximum atomic E-state index is 10.9. The predicted molar refractivity (Wildman–Crippen MR) is 78.9 cm³/mol. The van der Waals surface area contributed by atoms with Crippen LogP contribution >= 0.6 is 0 Å². The number of carbonyl (C=O) groups excluding carboxylic acids is 1. The molecule has 19 heavy (non-hydrogen) atoms. The van der Waals surface area contributed by atoms with Gasteiger partial charge in [0, 0.05) is 11.7 Å². The summed E-state index contributed by atoms with van der Waals surface area (Å²) in [4.78, 5) is 10.9. The number of nitrogens with one attached hydrogen (secondary N) is 1. The van der Waals surface area contributed by atoms with Gasteiger partial charge in [0.05, 0.1) is 6.42 Å². The summed E-state index contributed by atoms with van der Waals surface area (Å²) in [5, 5.41) is 3.61. The number of nitrogens with two attached hydrogens (primary N) is 1. The maximum absolute atomic E-state index is 10.9. The molecule has 1 saturated carbocycles. The molecule has 0 aliphatic heterocycles. The standard InChI is InChI=1S/C16H24N2O/c1-11-9-16(2,3)10-14(11)18-13-6-4-12(5-7-13)8-15(17)19/h4-7,11,14,18H,8-10H2,1-3H3,(H2,17,19). The Kier molecular flexibility index (Phi) is 3.83. The summed E-state index contributed by atoms with van der Waals surface area (Å²) in [5.41, 5.74) is 7.72. The molecule has 0 radical (unpaired) electrons. The molecule has 0 spiro atoms. The van der Waals surface area contributed by atoms with Crippen molar-refractivity contribution in [2.75, 3.05) is 5.32 Å². The van der Waals surface area contributed by atoms with Crippen LogP contribution in [0.4, 0.5) is 5.69 Å². The molecule has 2 unspecified atom stereocenters. The third-order valence-corrected chi connectivity index (χ3v) is 4.02. The molecular formula is C16H24N2O. The molecule has 0 aromatic heterocycles. The largest absolute Gasteiger partial charge is 0.382 e. The third-order valence-electron chi connectivity index (χ3n) is 4.02. The maximum Gasteiger partial charge on any atom is 0.221 e. The summed E-state index contributed by atoms with van der Waals surface area (Å²) in [5.74, 6) is 0.409. The molecule has 3 heteroatoms. The van der Waals surface area contributed by atoms with E-state index in [-0.39, 0.29) is 5.91 Å². The van der Waals surface area contributed by atoms with Crippen molar-refractivity contribution in [1.82, 2.24) is 0 Å². The second kappa shape index (κ2) is 5.24. The third kappa shape index (κ3) is 3.72. The smallest absolute Gasteiger partial charge is 0.221 e. The van der Waals surface area contributed by atoms with Gasteiger partial charge >= 0.3 is 0 Å². The SMILES string of the molecule is CC1CC(C)(C)CC1Nc1ccc(CC(N)=O)cc1. The van der Waals surface area contributed by atoms with Crippen molar-refractivity contribution in [3.8, 4) is 0 Å². The molecular weight excluding hydrogens is 236 g/mol. The van der Waals surface area contributed by atoms with E-state index in [4.69, 9.17) is 5.73 Å². The monoisotopic (exact) mass is 260 g/mol. The summed E-state index contributed by atoms with van der Waals surface area (Å²) in [7, 11) is 0. The van der Waals surface area contributed by atoms with Crippen LogP contribution in [0.25, 0.3) is 0 Å². The molecule has 1 aliphatic carbocycles. The van der Waals surface area contributed by atoms with Crippen molar-refractivity contribution < 1.29 is 4.79 Å². The van der Waals surface area contributed by atoms with Crippen molar-refractivity contribution >= 4 is 11.6 Å². The fraction of sp³-hybridized carbons (Fsp3) is 0.562. The predicted octanol–water partition coefficient (Wildman–Crippen LogP) is 2.95. The second-order valence-corrected chi connectivity index (χ2v) is 6.64. The van der Waals surface area contributed by atoms with Crippen LogP contribution in [0.15, 0.2) is 24.3 Å². The van der Waals surface area contributed by atoms with Crippen LogP contribution < -0.4 is 11.1 Å². The van der Waals surface area contributed by atoms with Gasteiger partial charge in [-0.05, 0) is 41.9 Å². The Morgan fingerprint density at radius 3 is 2.42 bits per heavy atom. The van der Waals surface area contributed by atoms with Crippen molar-refractivity contribution in [1.29, 1.82) is 0 Å². The minimum Gasteiger partial charge on any atom is -0.382 e. The Morgan fingerprint density at radius 1 is 1.32 bits per heavy atom. The lowest BCUT2D eigenvalue weighted by molar-refractivity contribution is -0.117. The van der Waals surface area contributed by atoms with Gasteiger partial charge in [-0.1, -0.05) is 32.9 Å². The first-order valence-corrected chi connectivity index (χ1v) is 6.99. The van der Waals surface area contributed by atoms with Crippen LogP contribution in [-0.4, -0.2) is 11.9 Å². The van der Waals surface area contributed by atoms with E-state index in [9.17, 15) is 4.79 Å². The molecule has 1 amide bonds. The number of hydrogen-bond donors (Lipinski definition) is 2. The van der Waals surface area contributed by atoms with Crippen LogP contribution in [0, 0.1) is 11.3 Å². The van der Waals surface area contributed by atoms with E-state index in [2.05, 4.69) is 26.1 Å². The van der Waals surface area contributed by atoms with Gasteiger partial charge in [0.15, 0.2) is 0 Å². The highest BCUT2D eigenvalue weighted by molar-refractivity contribution is 5.76. The molecule has 1 fully saturated rings. The van der Waals surface area contributed by atoms with Crippen LogP contribution in [0.1, 0.15) is 39.2 Å². The normalized spacial score (nSPS) is 25.2. The highest BCUT2D eigenvalue weighted by atomic mass is 16.1. The lowest BCUT2D eigenvalue weighted by atomic mass is 9.91. The van der Waals surface area contributed by atoms with Crippen molar-refractivity contribution in [3.63, 3.8) is 0 Å². The number of anilines is 1. The molecule has 0 bridgehead atoms. The van der Waals surface area contributed by atoms with E-state index >= 15 is 0 Å². The highest BCUT2D eigenvalue weighted by Crippen LogP contribution is 2.42. The van der Waals surface area contributed by atoms with E-state index in [1.807, 2.05) is 24.3 Å². The van der Waals surface area contributed by atoms with Gasteiger partial charge in [-0.15, -0.1) is 0 Å². The van der Waals surface area contributed by atoms with Crippen molar-refractivity contribution in [3.05, 3.63) is 29.8 Å². The molecule has 3 nitrogen and oxygen atoms in total.